The van der Waals surface area contributed by atoms with Crippen LogP contribution >= 0.6 is 0 Å². The molecule has 0 fully saturated rings. The van der Waals surface area contributed by atoms with Crippen molar-refractivity contribution in [2.45, 2.75) is 53.0 Å². The van der Waals surface area contributed by atoms with E-state index in [1.165, 1.54) is 38.1 Å². The third-order valence-electron chi connectivity index (χ3n) is 3.59. The van der Waals surface area contributed by atoms with E-state index in [1.807, 2.05) is 13.8 Å². The fourth-order valence-corrected chi connectivity index (χ4v) is 1.30. The van der Waals surface area contributed by atoms with Crippen molar-refractivity contribution in [3.8, 4) is 0 Å². The minimum atomic E-state index is -0.597. The Labute approximate surface area is 171 Å². The molecule has 0 saturated carbocycles. The average Bonchev–Trinajstić information content (AvgIpc) is 2.69. The second-order valence-corrected chi connectivity index (χ2v) is 6.23. The summed E-state index contributed by atoms with van der Waals surface area (Å²) in [6.45, 7) is 9.52. The quantitative estimate of drug-likeness (QED) is 0.297. The van der Waals surface area contributed by atoms with Crippen LogP contribution in [0, 0.1) is 11.2 Å². The molecule has 29 heavy (non-hydrogen) atoms. The minimum Gasteiger partial charge on any atom is -0.356 e. The zero-order chi connectivity index (χ0) is 22.9. The van der Waals surface area contributed by atoms with Gasteiger partial charge in [0.15, 0.2) is 6.29 Å². The van der Waals surface area contributed by atoms with E-state index in [0.717, 1.165) is 19.2 Å². The van der Waals surface area contributed by atoms with Crippen molar-refractivity contribution < 1.29 is 18.8 Å². The topological polar surface area (TPSA) is 137 Å². The molecule has 0 heterocycles. The van der Waals surface area contributed by atoms with Crippen LogP contribution < -0.4 is 16.5 Å². The Morgan fingerprint density at radius 1 is 1.24 bits per heavy atom. The Morgan fingerprint density at radius 3 is 2.07 bits per heavy atom. The van der Waals surface area contributed by atoms with Gasteiger partial charge in [0.2, 0.25) is 5.91 Å². The molecule has 0 radical (unpaired) electrons. The molecule has 0 aromatic heterocycles. The van der Waals surface area contributed by atoms with Crippen LogP contribution in [0.4, 0.5) is 10.1 Å². The summed E-state index contributed by atoms with van der Waals surface area (Å²) >= 11 is 0. The lowest BCUT2D eigenvalue weighted by Gasteiger charge is -2.17. The molecule has 1 atom stereocenters. The van der Waals surface area contributed by atoms with Gasteiger partial charge < -0.3 is 16.5 Å². The zero-order valence-corrected chi connectivity index (χ0v) is 17.7. The van der Waals surface area contributed by atoms with Crippen LogP contribution in [-0.4, -0.2) is 42.0 Å². The number of hydrogen-bond acceptors (Lipinski definition) is 7. The van der Waals surface area contributed by atoms with Crippen LogP contribution in [0.5, 0.6) is 0 Å². The molecule has 0 aliphatic rings. The summed E-state index contributed by atoms with van der Waals surface area (Å²) in [5.74, 6) is -0.232. The number of hydrogen-bond donors (Lipinski definition) is 4. The molecule has 1 rings (SSSR count). The Hall–Kier alpha value is -2.94. The highest BCUT2D eigenvalue weighted by atomic mass is 19.1. The number of carbonyl (C=O) groups is 3. The number of anilines is 1. The monoisotopic (exact) mass is 409 g/mol. The lowest BCUT2D eigenvalue weighted by Crippen LogP contribution is -2.42. The van der Waals surface area contributed by atoms with Crippen molar-refractivity contribution in [3.63, 3.8) is 0 Å². The summed E-state index contributed by atoms with van der Waals surface area (Å²) in [6, 6.07) is 5.49. The van der Waals surface area contributed by atoms with Gasteiger partial charge in [0.1, 0.15) is 17.3 Å². The average molecular weight is 410 g/mol. The van der Waals surface area contributed by atoms with Gasteiger partial charge in [-0.2, -0.15) is 5.10 Å². The maximum absolute atomic E-state index is 12.5. The molecule has 5 N–H and O–H groups in total. The number of carbonyl (C=O) groups excluding carboxylic acids is 3. The molecule has 8 nitrogen and oxygen atoms in total. The summed E-state index contributed by atoms with van der Waals surface area (Å²) in [7, 11) is 0. The highest BCUT2D eigenvalue weighted by molar-refractivity contribution is 6.53. The molecule has 1 aromatic rings. The number of nitrogens with two attached hydrogens (primary N) is 1. The van der Waals surface area contributed by atoms with E-state index in [1.54, 1.807) is 6.92 Å². The van der Waals surface area contributed by atoms with Gasteiger partial charge in [-0.25, -0.2) is 4.39 Å². The number of nitrogens with one attached hydrogen (secondary N) is 3. The van der Waals surface area contributed by atoms with Crippen LogP contribution in [0.25, 0.3) is 0 Å². The van der Waals surface area contributed by atoms with Gasteiger partial charge in [-0.15, -0.1) is 0 Å². The maximum Gasteiger partial charge on any atom is 0.216 e. The van der Waals surface area contributed by atoms with E-state index in [4.69, 9.17) is 11.1 Å². The number of Topliss-reactive ketones (excluding diaryl/α,β-unsaturated/α-hetero) is 1. The van der Waals surface area contributed by atoms with Gasteiger partial charge in [0, 0.05) is 19.7 Å². The summed E-state index contributed by atoms with van der Waals surface area (Å²) in [5, 5.41) is 13.0. The molecular formula is C20H32FN5O3. The van der Waals surface area contributed by atoms with E-state index in [2.05, 4.69) is 15.8 Å². The zero-order valence-electron chi connectivity index (χ0n) is 17.7. The summed E-state index contributed by atoms with van der Waals surface area (Å²) in [4.78, 5) is 30.9. The fraction of sp³-hybridized carbons (Fsp3) is 0.450. The maximum atomic E-state index is 12.5. The molecule has 1 unspecified atom stereocenters. The third kappa shape index (κ3) is 15.8. The van der Waals surface area contributed by atoms with E-state index < -0.39 is 5.54 Å². The standard InChI is InChI=1S/C9H8FN3O.C6H13NO.C5H11NO/c10-7-1-3-8(4-2-7)12-13-9(5-11)6-14;1-4-6(3,7)5(2)8;1-3-4-6-5(2)7/h1-6,11-12H;4,7H2,1-3H3;3-4H2,1-2H3,(H,6,7)/b11-5?,13-9+;;. The Bertz CT molecular complexity index is 663. The van der Waals surface area contributed by atoms with Gasteiger partial charge in [-0.1, -0.05) is 13.8 Å². The first kappa shape index (κ1) is 28.3. The van der Waals surface area contributed by atoms with Crippen molar-refractivity contribution in [1.29, 1.82) is 5.41 Å². The third-order valence-corrected chi connectivity index (χ3v) is 3.59. The summed E-state index contributed by atoms with van der Waals surface area (Å²) < 4.78 is 12.5. The highest BCUT2D eigenvalue weighted by Gasteiger charge is 2.20. The molecule has 9 heteroatoms. The Morgan fingerprint density at radius 2 is 1.79 bits per heavy atom. The van der Waals surface area contributed by atoms with E-state index >= 15 is 0 Å². The number of amides is 1. The van der Waals surface area contributed by atoms with Crippen LogP contribution in [0.1, 0.15) is 47.5 Å². The first-order valence-electron chi connectivity index (χ1n) is 9.13. The van der Waals surface area contributed by atoms with Gasteiger partial charge in [-0.05, 0) is 51.0 Å². The van der Waals surface area contributed by atoms with Crippen LogP contribution in [-0.2, 0) is 14.4 Å². The van der Waals surface area contributed by atoms with Gasteiger partial charge >= 0.3 is 0 Å². The number of ketones is 1. The predicted octanol–water partition coefficient (Wildman–Crippen LogP) is 2.68. The van der Waals surface area contributed by atoms with E-state index in [0.29, 0.717) is 18.4 Å². The molecule has 0 aliphatic carbocycles. The highest BCUT2D eigenvalue weighted by Crippen LogP contribution is 2.07. The van der Waals surface area contributed by atoms with Crippen LogP contribution in [0.2, 0.25) is 0 Å². The van der Waals surface area contributed by atoms with Crippen molar-refractivity contribution in [2.24, 2.45) is 10.8 Å². The van der Waals surface area contributed by atoms with Crippen molar-refractivity contribution in [2.75, 3.05) is 12.0 Å². The van der Waals surface area contributed by atoms with Gasteiger partial charge in [0.25, 0.3) is 0 Å². The van der Waals surface area contributed by atoms with Gasteiger partial charge in [0.05, 0.1) is 11.2 Å². The number of nitrogens with zero attached hydrogens (tertiary/aromatic N) is 1. The van der Waals surface area contributed by atoms with Crippen molar-refractivity contribution in [3.05, 3.63) is 30.1 Å². The smallest absolute Gasteiger partial charge is 0.216 e. The number of hydrazone groups is 1. The summed E-state index contributed by atoms with van der Waals surface area (Å²) in [6.07, 6.45) is 2.99. The molecule has 1 amide bonds. The summed E-state index contributed by atoms with van der Waals surface area (Å²) in [5.41, 5.74) is 7.94. The SMILES string of the molecule is CCC(C)(N)C(C)=O.CCCNC(C)=O.N=C/C(C=O)=N\Nc1ccc(F)cc1. The first-order chi connectivity index (χ1) is 13.5. The molecule has 1 aromatic carbocycles. The minimum absolute atomic E-state index is 0.0330. The number of aldehydes is 1. The lowest BCUT2D eigenvalue weighted by molar-refractivity contribution is -0.121. The number of benzene rings is 1. The molecule has 162 valence electrons. The Kier molecular flexibility index (Phi) is 15.7. The van der Waals surface area contributed by atoms with Crippen molar-refractivity contribution >= 4 is 35.6 Å². The Balaban J connectivity index is 0. The molecule has 0 bridgehead atoms. The number of halogens is 1. The molecule has 0 spiro atoms. The van der Waals surface area contributed by atoms with Gasteiger partial charge in [-0.3, -0.25) is 19.8 Å². The molecular weight excluding hydrogens is 377 g/mol. The number of rotatable bonds is 8. The van der Waals surface area contributed by atoms with E-state index in [-0.39, 0.29) is 23.2 Å². The second-order valence-electron chi connectivity index (χ2n) is 6.23. The van der Waals surface area contributed by atoms with Crippen LogP contribution in [0.3, 0.4) is 0 Å². The van der Waals surface area contributed by atoms with E-state index in [9.17, 15) is 18.8 Å². The molecule has 0 aliphatic heterocycles. The lowest BCUT2D eigenvalue weighted by atomic mass is 9.96. The fourth-order valence-electron chi connectivity index (χ4n) is 1.30. The normalized spacial score (nSPS) is 12.0. The first-order valence-corrected chi connectivity index (χ1v) is 9.13. The van der Waals surface area contributed by atoms with Crippen LogP contribution in [0.15, 0.2) is 29.4 Å². The van der Waals surface area contributed by atoms with Crippen molar-refractivity contribution in [1.82, 2.24) is 5.32 Å². The molecule has 0 saturated heterocycles. The largest absolute Gasteiger partial charge is 0.356 e. The second kappa shape index (κ2) is 16.1. The predicted molar refractivity (Wildman–Crippen MR) is 115 cm³/mol.